The second-order valence-electron chi connectivity index (χ2n) is 7.01. The molecule has 0 saturated heterocycles. The van der Waals surface area contributed by atoms with Gasteiger partial charge in [-0.2, -0.15) is 5.10 Å². The Balaban J connectivity index is 1.34. The van der Waals surface area contributed by atoms with Gasteiger partial charge in [0.25, 0.3) is 5.91 Å². The zero-order valence-electron chi connectivity index (χ0n) is 17.6. The highest BCUT2D eigenvalue weighted by Gasteiger charge is 2.08. The Hall–Kier alpha value is -3.49. The lowest BCUT2D eigenvalue weighted by molar-refractivity contribution is -0.123. The van der Waals surface area contributed by atoms with Crippen molar-refractivity contribution >= 4 is 44.5 Å². The number of thiazole rings is 1. The Morgan fingerprint density at radius 1 is 1.06 bits per heavy atom. The van der Waals surface area contributed by atoms with E-state index in [0.29, 0.717) is 17.4 Å². The van der Waals surface area contributed by atoms with Crippen molar-refractivity contribution in [1.29, 1.82) is 0 Å². The predicted octanol–water partition coefficient (Wildman–Crippen LogP) is 5.71. The smallest absolute Gasteiger partial charge is 0.258 e. The maximum Gasteiger partial charge on any atom is 0.258 e. The van der Waals surface area contributed by atoms with Crippen LogP contribution in [0.1, 0.15) is 11.1 Å². The van der Waals surface area contributed by atoms with Gasteiger partial charge in [-0.1, -0.05) is 76.6 Å². The van der Waals surface area contributed by atoms with Crippen LogP contribution in [0.15, 0.2) is 93.8 Å². The Bertz CT molecular complexity index is 1230. The molecule has 0 atom stereocenters. The molecule has 1 heterocycles. The molecule has 0 aliphatic rings. The standard InChI is InChI=1S/C25H21BrN4O2S/c26-21-11-12-23(32-16-24(31)27-14-18-7-3-1-4-8-18)20(13-21)15-28-30-25-29-22(17-33-25)19-9-5-2-6-10-19/h1-13,15,17H,14,16H2,(H,27,31)(H,29,30). The van der Waals surface area contributed by atoms with Gasteiger partial charge in [0.1, 0.15) is 5.75 Å². The molecule has 33 heavy (non-hydrogen) atoms. The van der Waals surface area contributed by atoms with Gasteiger partial charge >= 0.3 is 0 Å². The van der Waals surface area contributed by atoms with Crippen LogP contribution in [0.5, 0.6) is 5.75 Å². The van der Waals surface area contributed by atoms with Crippen LogP contribution in [-0.4, -0.2) is 23.7 Å². The van der Waals surface area contributed by atoms with Crippen molar-refractivity contribution in [2.24, 2.45) is 5.10 Å². The zero-order valence-corrected chi connectivity index (χ0v) is 20.0. The maximum atomic E-state index is 12.2. The number of aromatic nitrogens is 1. The van der Waals surface area contributed by atoms with Crippen molar-refractivity contribution in [2.45, 2.75) is 6.54 Å². The summed E-state index contributed by atoms with van der Waals surface area (Å²) in [4.78, 5) is 16.7. The normalized spacial score (nSPS) is 10.8. The van der Waals surface area contributed by atoms with Gasteiger partial charge in [0.05, 0.1) is 11.9 Å². The topological polar surface area (TPSA) is 75.6 Å². The number of anilines is 1. The SMILES string of the molecule is O=C(COc1ccc(Br)cc1C=NNc1nc(-c2ccccc2)cs1)NCc1ccccc1. The molecule has 2 N–H and O–H groups in total. The summed E-state index contributed by atoms with van der Waals surface area (Å²) in [5, 5.41) is 9.81. The monoisotopic (exact) mass is 520 g/mol. The molecule has 0 fully saturated rings. The largest absolute Gasteiger partial charge is 0.483 e. The molecule has 4 rings (SSSR count). The van der Waals surface area contributed by atoms with Crippen molar-refractivity contribution in [3.63, 3.8) is 0 Å². The molecule has 0 spiro atoms. The van der Waals surface area contributed by atoms with Gasteiger partial charge in [-0.15, -0.1) is 11.3 Å². The molecule has 6 nitrogen and oxygen atoms in total. The minimum absolute atomic E-state index is 0.0876. The highest BCUT2D eigenvalue weighted by Crippen LogP contribution is 2.25. The molecule has 1 amide bonds. The molecule has 166 valence electrons. The minimum Gasteiger partial charge on any atom is -0.483 e. The summed E-state index contributed by atoms with van der Waals surface area (Å²) in [6.07, 6.45) is 1.64. The van der Waals surface area contributed by atoms with E-state index < -0.39 is 0 Å². The fraction of sp³-hybridized carbons (Fsp3) is 0.0800. The quantitative estimate of drug-likeness (QED) is 0.219. The Morgan fingerprint density at radius 2 is 1.82 bits per heavy atom. The number of hydrazone groups is 1. The molecule has 0 saturated carbocycles. The van der Waals surface area contributed by atoms with Crippen LogP contribution in [-0.2, 0) is 11.3 Å². The van der Waals surface area contributed by atoms with Crippen molar-refractivity contribution in [1.82, 2.24) is 10.3 Å². The molecule has 0 radical (unpaired) electrons. The summed E-state index contributed by atoms with van der Waals surface area (Å²) in [6.45, 7) is 0.371. The lowest BCUT2D eigenvalue weighted by Crippen LogP contribution is -2.28. The maximum absolute atomic E-state index is 12.2. The molecule has 3 aromatic carbocycles. The Labute approximate surface area is 204 Å². The molecule has 0 unspecified atom stereocenters. The van der Waals surface area contributed by atoms with Crippen LogP contribution in [0.3, 0.4) is 0 Å². The summed E-state index contributed by atoms with van der Waals surface area (Å²) in [5.74, 6) is 0.363. The second kappa shape index (κ2) is 11.4. The molecule has 0 aliphatic carbocycles. The number of carbonyl (C=O) groups is 1. The number of nitrogens with one attached hydrogen (secondary N) is 2. The lowest BCUT2D eigenvalue weighted by Gasteiger charge is -2.10. The summed E-state index contributed by atoms with van der Waals surface area (Å²) in [7, 11) is 0. The summed E-state index contributed by atoms with van der Waals surface area (Å²) < 4.78 is 6.62. The number of carbonyl (C=O) groups excluding carboxylic acids is 1. The number of ether oxygens (including phenoxy) is 1. The molecule has 1 aromatic heterocycles. The van der Waals surface area contributed by atoms with Crippen molar-refractivity contribution < 1.29 is 9.53 Å². The second-order valence-corrected chi connectivity index (χ2v) is 8.78. The highest BCUT2D eigenvalue weighted by molar-refractivity contribution is 9.10. The summed E-state index contributed by atoms with van der Waals surface area (Å²) in [5.41, 5.74) is 6.67. The average Bonchev–Trinajstić information content (AvgIpc) is 3.32. The third-order valence-electron chi connectivity index (χ3n) is 4.60. The number of amides is 1. The minimum atomic E-state index is -0.195. The van der Waals surface area contributed by atoms with E-state index in [9.17, 15) is 4.79 Å². The highest BCUT2D eigenvalue weighted by atomic mass is 79.9. The van der Waals surface area contributed by atoms with E-state index in [0.717, 1.165) is 26.9 Å². The molecular formula is C25H21BrN4O2S. The van der Waals surface area contributed by atoms with E-state index >= 15 is 0 Å². The molecule has 4 aromatic rings. The first kappa shape index (κ1) is 22.7. The van der Waals surface area contributed by atoms with Crippen molar-refractivity contribution in [3.05, 3.63) is 99.8 Å². The number of halogens is 1. The van der Waals surface area contributed by atoms with E-state index in [1.807, 2.05) is 78.2 Å². The fourth-order valence-corrected chi connectivity index (χ4v) is 4.01. The first-order valence-electron chi connectivity index (χ1n) is 10.2. The fourth-order valence-electron chi connectivity index (χ4n) is 2.97. The Kier molecular flexibility index (Phi) is 7.84. The summed E-state index contributed by atoms with van der Waals surface area (Å²) >= 11 is 4.94. The Morgan fingerprint density at radius 3 is 2.61 bits per heavy atom. The molecular weight excluding hydrogens is 500 g/mol. The third-order valence-corrected chi connectivity index (χ3v) is 5.84. The van der Waals surface area contributed by atoms with Gasteiger partial charge in [0.15, 0.2) is 6.61 Å². The van der Waals surface area contributed by atoms with E-state index in [1.54, 1.807) is 12.3 Å². The van der Waals surface area contributed by atoms with E-state index in [4.69, 9.17) is 4.74 Å². The van der Waals surface area contributed by atoms with Crippen molar-refractivity contribution in [3.8, 4) is 17.0 Å². The number of hydrogen-bond donors (Lipinski definition) is 2. The van der Waals surface area contributed by atoms with Gasteiger partial charge in [-0.3, -0.25) is 10.2 Å². The molecule has 8 heteroatoms. The van der Waals surface area contributed by atoms with E-state index in [2.05, 4.69) is 36.8 Å². The van der Waals surface area contributed by atoms with E-state index in [-0.39, 0.29) is 12.5 Å². The van der Waals surface area contributed by atoms with E-state index in [1.165, 1.54) is 11.3 Å². The number of rotatable bonds is 9. The van der Waals surface area contributed by atoms with Gasteiger partial charge in [-0.05, 0) is 23.8 Å². The van der Waals surface area contributed by atoms with Gasteiger partial charge in [0, 0.05) is 27.5 Å². The van der Waals surface area contributed by atoms with Gasteiger partial charge in [-0.25, -0.2) is 4.98 Å². The number of benzene rings is 3. The van der Waals surface area contributed by atoms with Crippen LogP contribution in [0.25, 0.3) is 11.3 Å². The molecule has 0 aliphatic heterocycles. The first-order valence-corrected chi connectivity index (χ1v) is 11.9. The average molecular weight is 521 g/mol. The summed E-state index contributed by atoms with van der Waals surface area (Å²) in [6, 6.07) is 25.2. The van der Waals surface area contributed by atoms with Crippen LogP contribution in [0, 0.1) is 0 Å². The van der Waals surface area contributed by atoms with Crippen LogP contribution in [0.2, 0.25) is 0 Å². The van der Waals surface area contributed by atoms with Crippen molar-refractivity contribution in [2.75, 3.05) is 12.0 Å². The molecule has 0 bridgehead atoms. The zero-order chi connectivity index (χ0) is 22.9. The first-order chi connectivity index (χ1) is 16.2. The van der Waals surface area contributed by atoms with Gasteiger partial charge < -0.3 is 10.1 Å². The van der Waals surface area contributed by atoms with Crippen LogP contribution >= 0.6 is 27.3 Å². The van der Waals surface area contributed by atoms with Crippen LogP contribution < -0.4 is 15.5 Å². The predicted molar refractivity (Wildman–Crippen MR) is 137 cm³/mol. The van der Waals surface area contributed by atoms with Crippen LogP contribution in [0.4, 0.5) is 5.13 Å². The number of hydrogen-bond acceptors (Lipinski definition) is 6. The third kappa shape index (κ3) is 6.74. The van der Waals surface area contributed by atoms with Gasteiger partial charge in [0.2, 0.25) is 5.13 Å². The number of nitrogens with zero attached hydrogens (tertiary/aromatic N) is 2. The lowest BCUT2D eigenvalue weighted by atomic mass is 10.2.